The summed E-state index contributed by atoms with van der Waals surface area (Å²) in [4.78, 5) is 0. The molecule has 0 bridgehead atoms. The van der Waals surface area contributed by atoms with Gasteiger partial charge in [0.25, 0.3) is 0 Å². The highest BCUT2D eigenvalue weighted by atomic mass is 16.7. The lowest BCUT2D eigenvalue weighted by molar-refractivity contribution is 0.00578. The lowest BCUT2D eigenvalue weighted by atomic mass is 9.78. The van der Waals surface area contributed by atoms with Crippen molar-refractivity contribution in [1.29, 1.82) is 5.26 Å². The second kappa shape index (κ2) is 6.55. The lowest BCUT2D eigenvalue weighted by Crippen LogP contribution is -2.41. The van der Waals surface area contributed by atoms with Crippen LogP contribution in [0, 0.1) is 11.3 Å². The van der Waals surface area contributed by atoms with Crippen LogP contribution in [0.25, 0.3) is 0 Å². The standard InChI is InChI=1S/C20H22BNO3/c1-19(2)20(3,4)25-21(24-19)17-11-10-16(13-22)18(12-17)23-14-15-8-6-5-7-9-15/h5-12H,14H2,1-4H3. The van der Waals surface area contributed by atoms with Crippen molar-refractivity contribution in [3.8, 4) is 11.8 Å². The normalized spacial score (nSPS) is 18.0. The molecule has 4 nitrogen and oxygen atoms in total. The summed E-state index contributed by atoms with van der Waals surface area (Å²) in [5, 5.41) is 9.35. The smallest absolute Gasteiger partial charge is 0.488 e. The zero-order valence-corrected chi connectivity index (χ0v) is 15.1. The van der Waals surface area contributed by atoms with Crippen molar-refractivity contribution < 1.29 is 14.0 Å². The molecule has 5 heteroatoms. The molecule has 1 fully saturated rings. The fourth-order valence-corrected chi connectivity index (χ4v) is 2.61. The summed E-state index contributed by atoms with van der Waals surface area (Å²) in [7, 11) is -0.475. The zero-order valence-electron chi connectivity index (χ0n) is 15.1. The molecule has 0 aromatic heterocycles. The van der Waals surface area contributed by atoms with E-state index in [2.05, 4.69) is 6.07 Å². The van der Waals surface area contributed by atoms with Crippen molar-refractivity contribution in [2.75, 3.05) is 0 Å². The Balaban J connectivity index is 1.82. The summed E-state index contributed by atoms with van der Waals surface area (Å²) in [5.74, 6) is 0.540. The van der Waals surface area contributed by atoms with E-state index in [0.29, 0.717) is 17.9 Å². The van der Waals surface area contributed by atoms with Crippen molar-refractivity contribution in [2.24, 2.45) is 0 Å². The predicted molar refractivity (Wildman–Crippen MR) is 97.6 cm³/mol. The summed E-state index contributed by atoms with van der Waals surface area (Å²) in [5.41, 5.74) is 1.58. The van der Waals surface area contributed by atoms with Crippen LogP contribution in [0.4, 0.5) is 0 Å². The minimum atomic E-state index is -0.475. The van der Waals surface area contributed by atoms with Crippen molar-refractivity contribution in [1.82, 2.24) is 0 Å². The van der Waals surface area contributed by atoms with Crippen LogP contribution in [0.1, 0.15) is 38.8 Å². The van der Waals surface area contributed by atoms with Gasteiger partial charge in [-0.15, -0.1) is 0 Å². The Morgan fingerprint density at radius 2 is 1.64 bits per heavy atom. The maximum Gasteiger partial charge on any atom is 0.494 e. The highest BCUT2D eigenvalue weighted by Gasteiger charge is 2.51. The van der Waals surface area contributed by atoms with E-state index in [1.54, 1.807) is 6.07 Å². The predicted octanol–water partition coefficient (Wildman–Crippen LogP) is 3.44. The van der Waals surface area contributed by atoms with Gasteiger partial charge in [0.15, 0.2) is 0 Å². The first-order chi connectivity index (χ1) is 11.8. The Morgan fingerprint density at radius 1 is 1.00 bits per heavy atom. The molecule has 1 heterocycles. The highest BCUT2D eigenvalue weighted by molar-refractivity contribution is 6.62. The Bertz CT molecular complexity index is 780. The number of benzene rings is 2. The SMILES string of the molecule is CC1(C)OB(c2ccc(C#N)c(OCc3ccccc3)c2)OC1(C)C. The van der Waals surface area contributed by atoms with Gasteiger partial charge in [-0.3, -0.25) is 0 Å². The van der Waals surface area contributed by atoms with E-state index in [1.165, 1.54) is 0 Å². The second-order valence-electron chi connectivity index (χ2n) is 7.23. The van der Waals surface area contributed by atoms with Gasteiger partial charge in [-0.25, -0.2) is 0 Å². The van der Waals surface area contributed by atoms with Gasteiger partial charge in [-0.2, -0.15) is 5.26 Å². The molecule has 0 amide bonds. The molecule has 0 radical (unpaired) electrons. The molecule has 0 aliphatic carbocycles. The number of hydrogen-bond acceptors (Lipinski definition) is 4. The van der Waals surface area contributed by atoms with Crippen LogP contribution in [0.5, 0.6) is 5.75 Å². The van der Waals surface area contributed by atoms with Crippen LogP contribution in [0.2, 0.25) is 0 Å². The van der Waals surface area contributed by atoms with E-state index in [4.69, 9.17) is 14.0 Å². The summed E-state index contributed by atoms with van der Waals surface area (Å²) in [6, 6.07) is 17.5. The first-order valence-electron chi connectivity index (χ1n) is 8.39. The van der Waals surface area contributed by atoms with E-state index < -0.39 is 18.3 Å². The molecule has 0 spiro atoms. The maximum absolute atomic E-state index is 9.35. The van der Waals surface area contributed by atoms with Gasteiger partial charge in [0.1, 0.15) is 18.4 Å². The number of rotatable bonds is 4. The van der Waals surface area contributed by atoms with Crippen LogP contribution in [0.3, 0.4) is 0 Å². The number of ether oxygens (including phenoxy) is 1. The molecule has 0 unspecified atom stereocenters. The van der Waals surface area contributed by atoms with Crippen LogP contribution >= 0.6 is 0 Å². The molecule has 1 saturated heterocycles. The molecule has 0 atom stereocenters. The summed E-state index contributed by atoms with van der Waals surface area (Å²) < 4.78 is 18.0. The van der Waals surface area contributed by atoms with E-state index in [0.717, 1.165) is 11.0 Å². The molecule has 25 heavy (non-hydrogen) atoms. The second-order valence-corrected chi connectivity index (χ2v) is 7.23. The minimum Gasteiger partial charge on any atom is -0.488 e. The zero-order chi connectivity index (χ0) is 18.1. The Hall–Kier alpha value is -2.29. The average Bonchev–Trinajstić information content (AvgIpc) is 2.81. The lowest BCUT2D eigenvalue weighted by Gasteiger charge is -2.32. The van der Waals surface area contributed by atoms with Gasteiger partial charge in [0.2, 0.25) is 0 Å². The first-order valence-corrected chi connectivity index (χ1v) is 8.39. The topological polar surface area (TPSA) is 51.5 Å². The third-order valence-electron chi connectivity index (χ3n) is 4.89. The van der Waals surface area contributed by atoms with Gasteiger partial charge in [0, 0.05) is 0 Å². The molecular formula is C20H22BNO3. The molecule has 3 rings (SSSR count). The molecule has 1 aliphatic rings. The molecule has 0 saturated carbocycles. The minimum absolute atomic E-state index is 0.405. The van der Waals surface area contributed by atoms with Crippen LogP contribution in [0.15, 0.2) is 48.5 Å². The third-order valence-corrected chi connectivity index (χ3v) is 4.89. The van der Waals surface area contributed by atoms with Gasteiger partial charge < -0.3 is 14.0 Å². The largest absolute Gasteiger partial charge is 0.494 e. The summed E-state index contributed by atoms with van der Waals surface area (Å²) in [6.45, 7) is 8.47. The van der Waals surface area contributed by atoms with Gasteiger partial charge >= 0.3 is 7.12 Å². The monoisotopic (exact) mass is 335 g/mol. The fraction of sp³-hybridized carbons (Fsp3) is 0.350. The summed E-state index contributed by atoms with van der Waals surface area (Å²) in [6.07, 6.45) is 0. The number of nitriles is 1. The van der Waals surface area contributed by atoms with E-state index in [9.17, 15) is 5.26 Å². The Labute approximate surface area is 149 Å². The molecule has 2 aromatic carbocycles. The average molecular weight is 335 g/mol. The van der Waals surface area contributed by atoms with Crippen molar-refractivity contribution >= 4 is 12.6 Å². The molecule has 2 aromatic rings. The van der Waals surface area contributed by atoms with E-state index in [-0.39, 0.29) is 0 Å². The molecular weight excluding hydrogens is 313 g/mol. The highest BCUT2D eigenvalue weighted by Crippen LogP contribution is 2.36. The summed E-state index contributed by atoms with van der Waals surface area (Å²) >= 11 is 0. The quantitative estimate of drug-likeness (QED) is 0.803. The van der Waals surface area contributed by atoms with Crippen molar-refractivity contribution in [3.05, 3.63) is 59.7 Å². The Kier molecular flexibility index (Phi) is 4.59. The Morgan fingerprint density at radius 3 is 2.24 bits per heavy atom. The molecule has 1 aliphatic heterocycles. The van der Waals surface area contributed by atoms with Crippen molar-refractivity contribution in [2.45, 2.75) is 45.5 Å². The maximum atomic E-state index is 9.35. The van der Waals surface area contributed by atoms with Crippen molar-refractivity contribution in [3.63, 3.8) is 0 Å². The van der Waals surface area contributed by atoms with Crippen LogP contribution in [-0.4, -0.2) is 18.3 Å². The fourth-order valence-electron chi connectivity index (χ4n) is 2.61. The van der Waals surface area contributed by atoms with Gasteiger partial charge in [0.05, 0.1) is 16.8 Å². The van der Waals surface area contributed by atoms with Gasteiger partial charge in [-0.05, 0) is 50.9 Å². The van der Waals surface area contributed by atoms with E-state index >= 15 is 0 Å². The third kappa shape index (κ3) is 3.56. The first kappa shape index (κ1) is 17.5. The molecule has 128 valence electrons. The number of hydrogen-bond donors (Lipinski definition) is 0. The molecule has 0 N–H and O–H groups in total. The van der Waals surface area contributed by atoms with Gasteiger partial charge in [-0.1, -0.05) is 36.4 Å². The van der Waals surface area contributed by atoms with Crippen LogP contribution < -0.4 is 10.2 Å². The van der Waals surface area contributed by atoms with Crippen LogP contribution in [-0.2, 0) is 15.9 Å². The number of nitrogens with zero attached hydrogens (tertiary/aromatic N) is 1. The van der Waals surface area contributed by atoms with E-state index in [1.807, 2.05) is 70.2 Å².